The van der Waals surface area contributed by atoms with Crippen LogP contribution in [0.2, 0.25) is 0 Å². The number of aromatic amines is 4. The van der Waals surface area contributed by atoms with Crippen LogP contribution in [0.5, 0.6) is 0 Å². The summed E-state index contributed by atoms with van der Waals surface area (Å²) in [5.74, 6) is 0.380. The minimum absolute atomic E-state index is 0.0898. The number of furan rings is 1. The molecule has 0 saturated heterocycles. The Kier molecular flexibility index (Phi) is 5.69. The van der Waals surface area contributed by atoms with Gasteiger partial charge in [-0.1, -0.05) is 27.7 Å². The third-order valence-corrected chi connectivity index (χ3v) is 4.76. The largest absolute Gasteiger partial charge is 0.462 e. The van der Waals surface area contributed by atoms with Gasteiger partial charge in [0.2, 0.25) is 0 Å². The first-order valence-electron chi connectivity index (χ1n) is 9.50. The fraction of sp³-hybridized carbons (Fsp3) is 0.444. The predicted octanol–water partition coefficient (Wildman–Crippen LogP) is -1.30. The van der Waals surface area contributed by atoms with E-state index in [4.69, 9.17) is 4.42 Å². The lowest BCUT2D eigenvalue weighted by Crippen LogP contribution is -2.43. The molecule has 13 nitrogen and oxygen atoms in total. The summed E-state index contributed by atoms with van der Waals surface area (Å²) in [6.07, 6.45) is 0. The Morgan fingerprint density at radius 2 is 0.903 bits per heavy atom. The normalized spacial score (nSPS) is 11.5. The average molecular weight is 434 g/mol. The van der Waals surface area contributed by atoms with Crippen molar-refractivity contribution in [2.45, 2.75) is 52.6 Å². The highest BCUT2D eigenvalue weighted by Gasteiger charge is 2.26. The molecule has 31 heavy (non-hydrogen) atoms. The molecule has 0 aliphatic rings. The van der Waals surface area contributed by atoms with Crippen LogP contribution >= 0.6 is 0 Å². The molecule has 0 fully saturated rings. The van der Waals surface area contributed by atoms with Crippen molar-refractivity contribution in [3.05, 3.63) is 85.6 Å². The number of rotatable bonds is 6. The van der Waals surface area contributed by atoms with Crippen molar-refractivity contribution in [3.8, 4) is 0 Å². The van der Waals surface area contributed by atoms with Crippen molar-refractivity contribution in [1.82, 2.24) is 29.1 Å². The summed E-state index contributed by atoms with van der Waals surface area (Å²) in [6.45, 7) is 7.03. The highest BCUT2D eigenvalue weighted by Crippen LogP contribution is 2.35. The molecule has 0 atom stereocenters. The second-order valence-electron chi connectivity index (χ2n) is 7.64. The number of hydrogen-bond donors (Lipinski definition) is 4. The van der Waals surface area contributed by atoms with E-state index in [2.05, 4.69) is 0 Å². The Bertz CT molecular complexity index is 1290. The number of aromatic nitrogens is 6. The molecule has 0 aliphatic heterocycles. The van der Waals surface area contributed by atoms with Crippen LogP contribution in [0, 0.1) is 0 Å². The highest BCUT2D eigenvalue weighted by atomic mass is 16.3. The van der Waals surface area contributed by atoms with Crippen molar-refractivity contribution in [1.29, 1.82) is 0 Å². The molecular formula is C18H22N6O7. The summed E-state index contributed by atoms with van der Waals surface area (Å²) in [4.78, 5) is 78.9. The summed E-state index contributed by atoms with van der Waals surface area (Å²) >= 11 is 0. The lowest BCUT2D eigenvalue weighted by Gasteiger charge is -2.13. The van der Waals surface area contributed by atoms with Crippen molar-refractivity contribution in [2.75, 3.05) is 0 Å². The molecule has 0 aliphatic carbocycles. The van der Waals surface area contributed by atoms with Gasteiger partial charge in [-0.2, -0.15) is 0 Å². The average Bonchev–Trinajstić information content (AvgIpc) is 2.99. The zero-order valence-electron chi connectivity index (χ0n) is 17.3. The Balaban J connectivity index is 2.21. The molecule has 0 spiro atoms. The van der Waals surface area contributed by atoms with Gasteiger partial charge in [-0.05, 0) is 11.8 Å². The van der Waals surface area contributed by atoms with Gasteiger partial charge in [-0.3, -0.25) is 19.9 Å². The maximum absolute atomic E-state index is 12.1. The Morgan fingerprint density at radius 1 is 0.613 bits per heavy atom. The van der Waals surface area contributed by atoms with Crippen molar-refractivity contribution in [3.63, 3.8) is 0 Å². The molecule has 3 aromatic rings. The van der Waals surface area contributed by atoms with Crippen LogP contribution in [-0.2, 0) is 13.1 Å². The molecule has 0 radical (unpaired) electrons. The molecule has 0 aromatic carbocycles. The lowest BCUT2D eigenvalue weighted by molar-refractivity contribution is 0.421. The Morgan fingerprint density at radius 3 is 1.16 bits per heavy atom. The zero-order chi connectivity index (χ0) is 23.0. The third-order valence-electron chi connectivity index (χ3n) is 4.76. The van der Waals surface area contributed by atoms with Gasteiger partial charge in [0.1, 0.15) is 11.5 Å². The van der Waals surface area contributed by atoms with E-state index in [1.54, 1.807) is 0 Å². The SMILES string of the molecule is CC(C)c1c(Cn2c(=O)[nH]c(=O)[nH]c2=O)oc(Cn2c(=O)[nH]c(=O)[nH]c2=O)c1C(C)C. The highest BCUT2D eigenvalue weighted by molar-refractivity contribution is 5.39. The molecule has 3 heterocycles. The van der Waals surface area contributed by atoms with Crippen LogP contribution in [0.4, 0.5) is 0 Å². The maximum atomic E-state index is 12.1. The quantitative estimate of drug-likeness (QED) is 0.371. The van der Waals surface area contributed by atoms with E-state index in [0.29, 0.717) is 0 Å². The Hall–Kier alpha value is -3.90. The molecule has 4 N–H and O–H groups in total. The van der Waals surface area contributed by atoms with Gasteiger partial charge in [-0.15, -0.1) is 0 Å². The van der Waals surface area contributed by atoms with Gasteiger partial charge in [0, 0.05) is 11.1 Å². The first kappa shape index (κ1) is 21.8. The van der Waals surface area contributed by atoms with Crippen molar-refractivity contribution in [2.24, 2.45) is 0 Å². The molecule has 0 unspecified atom stereocenters. The van der Waals surface area contributed by atoms with Crippen molar-refractivity contribution >= 4 is 0 Å². The molecule has 0 bridgehead atoms. The summed E-state index contributed by atoms with van der Waals surface area (Å²) in [5, 5.41) is 0. The van der Waals surface area contributed by atoms with E-state index in [-0.39, 0.29) is 36.4 Å². The minimum Gasteiger partial charge on any atom is -0.462 e. The molecule has 0 saturated carbocycles. The van der Waals surface area contributed by atoms with Gasteiger partial charge in [0.25, 0.3) is 0 Å². The summed E-state index contributed by atoms with van der Waals surface area (Å²) < 4.78 is 7.50. The van der Waals surface area contributed by atoms with Crippen LogP contribution in [-0.4, -0.2) is 29.1 Å². The summed E-state index contributed by atoms with van der Waals surface area (Å²) in [5.41, 5.74) is -4.01. The van der Waals surface area contributed by atoms with E-state index in [1.807, 2.05) is 47.6 Å². The number of nitrogens with zero attached hydrogens (tertiary/aromatic N) is 2. The van der Waals surface area contributed by atoms with Crippen molar-refractivity contribution < 1.29 is 4.42 Å². The number of hydrogen-bond acceptors (Lipinski definition) is 7. The van der Waals surface area contributed by atoms with E-state index < -0.39 is 34.1 Å². The second-order valence-corrected chi connectivity index (χ2v) is 7.64. The van der Waals surface area contributed by atoms with Gasteiger partial charge in [0.15, 0.2) is 0 Å². The topological polar surface area (TPSA) is 189 Å². The van der Waals surface area contributed by atoms with Crippen LogP contribution in [0.25, 0.3) is 0 Å². The minimum atomic E-state index is -0.921. The lowest BCUT2D eigenvalue weighted by atomic mass is 9.90. The zero-order valence-corrected chi connectivity index (χ0v) is 17.3. The van der Waals surface area contributed by atoms with Crippen LogP contribution in [0.1, 0.15) is 62.2 Å². The summed E-state index contributed by atoms with van der Waals surface area (Å²) in [6, 6.07) is 0. The third kappa shape index (κ3) is 4.20. The standard InChI is InChI=1S/C18H22N6O7/c1-7(2)11-9(5-23-15(27)19-13(25)20-16(23)28)31-10(12(11)8(3)4)6-24-17(29)21-14(26)22-18(24)30/h7-8H,5-6H2,1-4H3,(H2,19,20,25,27,28)(H2,21,22,26,29,30). The van der Waals surface area contributed by atoms with Crippen LogP contribution in [0.15, 0.2) is 33.2 Å². The first-order valence-corrected chi connectivity index (χ1v) is 9.50. The summed E-state index contributed by atoms with van der Waals surface area (Å²) in [7, 11) is 0. The van der Waals surface area contributed by atoms with Crippen LogP contribution in [0.3, 0.4) is 0 Å². The van der Waals surface area contributed by atoms with Gasteiger partial charge in [0.05, 0.1) is 13.1 Å². The fourth-order valence-electron chi connectivity index (χ4n) is 3.54. The molecule has 3 aromatic heterocycles. The van der Waals surface area contributed by atoms with E-state index >= 15 is 0 Å². The van der Waals surface area contributed by atoms with E-state index in [9.17, 15) is 28.8 Å². The first-order chi connectivity index (χ1) is 14.5. The fourth-order valence-corrected chi connectivity index (χ4v) is 3.54. The maximum Gasteiger partial charge on any atom is 0.334 e. The smallest absolute Gasteiger partial charge is 0.334 e. The van der Waals surface area contributed by atoms with Crippen LogP contribution < -0.4 is 34.1 Å². The Labute approximate surface area is 172 Å². The monoisotopic (exact) mass is 434 g/mol. The molecule has 13 heteroatoms. The van der Waals surface area contributed by atoms with Gasteiger partial charge in [-0.25, -0.2) is 37.9 Å². The molecule has 3 rings (SSSR count). The predicted molar refractivity (Wildman–Crippen MR) is 109 cm³/mol. The van der Waals surface area contributed by atoms with E-state index in [1.165, 1.54) is 0 Å². The molecular weight excluding hydrogens is 412 g/mol. The van der Waals surface area contributed by atoms with E-state index in [0.717, 1.165) is 20.3 Å². The van der Waals surface area contributed by atoms with Gasteiger partial charge >= 0.3 is 34.1 Å². The number of H-pyrrole nitrogens is 4. The number of nitrogens with one attached hydrogen (secondary N) is 4. The molecule has 0 amide bonds. The molecule has 166 valence electrons. The van der Waals surface area contributed by atoms with Gasteiger partial charge < -0.3 is 4.42 Å². The second kappa shape index (κ2) is 8.08.